The minimum absolute atomic E-state index is 0.638. The van der Waals surface area contributed by atoms with E-state index in [9.17, 15) is 5.11 Å². The zero-order valence-electron chi connectivity index (χ0n) is 9.69. The quantitative estimate of drug-likeness (QED) is 0.851. The van der Waals surface area contributed by atoms with Crippen molar-refractivity contribution in [1.82, 2.24) is 0 Å². The summed E-state index contributed by atoms with van der Waals surface area (Å²) in [5.74, 6) is 0.690. The Balaban J connectivity index is 1.86. The van der Waals surface area contributed by atoms with Gasteiger partial charge in [0.05, 0.1) is 19.8 Å². The van der Waals surface area contributed by atoms with Crippen molar-refractivity contribution in [3.8, 4) is 0 Å². The van der Waals surface area contributed by atoms with Crippen LogP contribution in [0.5, 0.6) is 0 Å². The maximum atomic E-state index is 10.2. The fourth-order valence-electron chi connectivity index (χ4n) is 2.29. The van der Waals surface area contributed by atoms with Gasteiger partial charge in [-0.05, 0) is 35.6 Å². The first kappa shape index (κ1) is 10.8. The molecule has 90 valence electrons. The molecule has 0 saturated heterocycles. The molecule has 0 spiro atoms. The number of aliphatic hydroxyl groups excluding tert-OH is 1. The fraction of sp³-hybridized carbons (Fsp3) is 0.429. The van der Waals surface area contributed by atoms with Crippen molar-refractivity contribution >= 4 is 0 Å². The highest BCUT2D eigenvalue weighted by atomic mass is 16.5. The maximum absolute atomic E-state index is 10.2. The van der Waals surface area contributed by atoms with Gasteiger partial charge < -0.3 is 14.6 Å². The van der Waals surface area contributed by atoms with Crippen LogP contribution >= 0.6 is 0 Å². The highest BCUT2D eigenvalue weighted by Crippen LogP contribution is 2.29. The minimum atomic E-state index is -0.638. The molecule has 0 saturated carbocycles. The number of hydrogen-bond donors (Lipinski definition) is 1. The molecule has 1 aromatic rings. The fourth-order valence-corrected chi connectivity index (χ4v) is 2.29. The van der Waals surface area contributed by atoms with Gasteiger partial charge in [-0.2, -0.15) is 0 Å². The molecule has 0 bridgehead atoms. The van der Waals surface area contributed by atoms with Gasteiger partial charge in [-0.15, -0.1) is 0 Å². The van der Waals surface area contributed by atoms with Crippen molar-refractivity contribution in [2.24, 2.45) is 0 Å². The van der Waals surface area contributed by atoms with Gasteiger partial charge in [-0.3, -0.25) is 0 Å². The first-order valence-electron chi connectivity index (χ1n) is 6.05. The van der Waals surface area contributed by atoms with Crippen LogP contribution in [-0.2, 0) is 22.7 Å². The van der Waals surface area contributed by atoms with E-state index < -0.39 is 6.10 Å². The van der Waals surface area contributed by atoms with Gasteiger partial charge in [0.15, 0.2) is 0 Å². The lowest BCUT2D eigenvalue weighted by molar-refractivity contribution is 0.0917. The lowest BCUT2D eigenvalue weighted by Gasteiger charge is -2.20. The van der Waals surface area contributed by atoms with E-state index in [-0.39, 0.29) is 0 Å². The van der Waals surface area contributed by atoms with Gasteiger partial charge in [-0.1, -0.05) is 18.2 Å². The van der Waals surface area contributed by atoms with Gasteiger partial charge in [0, 0.05) is 0 Å². The molecule has 0 amide bonds. The summed E-state index contributed by atoms with van der Waals surface area (Å²) in [5.41, 5.74) is 3.29. The number of hydrogen-bond acceptors (Lipinski definition) is 3. The number of benzene rings is 1. The van der Waals surface area contributed by atoms with Crippen molar-refractivity contribution in [2.45, 2.75) is 32.2 Å². The van der Waals surface area contributed by atoms with E-state index in [1.165, 1.54) is 11.1 Å². The van der Waals surface area contributed by atoms with E-state index in [0.717, 1.165) is 18.4 Å². The van der Waals surface area contributed by atoms with Crippen molar-refractivity contribution in [3.05, 3.63) is 46.7 Å². The second-order valence-corrected chi connectivity index (χ2v) is 4.52. The monoisotopic (exact) mass is 232 g/mol. The molecule has 0 aromatic heterocycles. The second kappa shape index (κ2) is 4.51. The van der Waals surface area contributed by atoms with Crippen molar-refractivity contribution in [3.63, 3.8) is 0 Å². The van der Waals surface area contributed by atoms with Crippen LogP contribution in [0.4, 0.5) is 0 Å². The predicted molar refractivity (Wildman–Crippen MR) is 63.2 cm³/mol. The van der Waals surface area contributed by atoms with Crippen LogP contribution in [0.1, 0.15) is 35.6 Å². The Kier molecular flexibility index (Phi) is 2.87. The van der Waals surface area contributed by atoms with Crippen LogP contribution in [0.3, 0.4) is 0 Å². The molecule has 1 N–H and O–H groups in total. The predicted octanol–water partition coefficient (Wildman–Crippen LogP) is 2.44. The van der Waals surface area contributed by atoms with Crippen LogP contribution in [0, 0.1) is 0 Å². The SMILES string of the molecule is OC(C1=CCCCO1)c1ccc2c(c1)COC2. The molecule has 1 aromatic carbocycles. The van der Waals surface area contributed by atoms with E-state index in [1.807, 2.05) is 24.3 Å². The van der Waals surface area contributed by atoms with Crippen LogP contribution in [0.25, 0.3) is 0 Å². The van der Waals surface area contributed by atoms with Gasteiger partial charge in [0.2, 0.25) is 0 Å². The molecule has 3 rings (SSSR count). The van der Waals surface area contributed by atoms with Gasteiger partial charge in [0.25, 0.3) is 0 Å². The molecule has 17 heavy (non-hydrogen) atoms. The molecule has 0 radical (unpaired) electrons. The summed E-state index contributed by atoms with van der Waals surface area (Å²) in [6, 6.07) is 6.01. The standard InChI is InChI=1S/C14H16O3/c15-14(13-3-1-2-6-17-13)10-4-5-11-8-16-9-12(11)7-10/h3-5,7,14-15H,1-2,6,8-9H2. The van der Waals surface area contributed by atoms with E-state index in [1.54, 1.807) is 0 Å². The van der Waals surface area contributed by atoms with Crippen LogP contribution in [0.2, 0.25) is 0 Å². The summed E-state index contributed by atoms with van der Waals surface area (Å²) >= 11 is 0. The minimum Gasteiger partial charge on any atom is -0.495 e. The average molecular weight is 232 g/mol. The molecule has 3 nitrogen and oxygen atoms in total. The van der Waals surface area contributed by atoms with Gasteiger partial charge >= 0.3 is 0 Å². The Morgan fingerprint density at radius 3 is 2.88 bits per heavy atom. The largest absolute Gasteiger partial charge is 0.495 e. The normalized spacial score (nSPS) is 20.4. The highest BCUT2D eigenvalue weighted by molar-refractivity contribution is 5.36. The average Bonchev–Trinajstić information content (AvgIpc) is 2.86. The molecule has 2 aliphatic rings. The Morgan fingerprint density at radius 1 is 1.18 bits per heavy atom. The van der Waals surface area contributed by atoms with Crippen LogP contribution < -0.4 is 0 Å². The third-order valence-electron chi connectivity index (χ3n) is 3.29. The molecule has 0 fully saturated rings. The smallest absolute Gasteiger partial charge is 0.136 e. The first-order chi connectivity index (χ1) is 8.34. The topological polar surface area (TPSA) is 38.7 Å². The summed E-state index contributed by atoms with van der Waals surface area (Å²) in [4.78, 5) is 0. The van der Waals surface area contributed by atoms with Crippen LogP contribution in [0.15, 0.2) is 30.0 Å². The Bertz CT molecular complexity index is 451. The number of aliphatic hydroxyl groups is 1. The Morgan fingerprint density at radius 2 is 2.06 bits per heavy atom. The summed E-state index contributed by atoms with van der Waals surface area (Å²) < 4.78 is 10.9. The summed E-state index contributed by atoms with van der Waals surface area (Å²) in [5, 5.41) is 10.2. The molecule has 2 heterocycles. The van der Waals surface area contributed by atoms with Crippen molar-refractivity contribution < 1.29 is 14.6 Å². The molecule has 1 unspecified atom stereocenters. The lowest BCUT2D eigenvalue weighted by Crippen LogP contribution is -2.10. The second-order valence-electron chi connectivity index (χ2n) is 4.52. The van der Waals surface area contributed by atoms with Crippen LogP contribution in [-0.4, -0.2) is 11.7 Å². The van der Waals surface area contributed by atoms with E-state index in [2.05, 4.69) is 0 Å². The van der Waals surface area contributed by atoms with Gasteiger partial charge in [-0.25, -0.2) is 0 Å². The Labute approximate surface area is 101 Å². The van der Waals surface area contributed by atoms with Crippen molar-refractivity contribution in [1.29, 1.82) is 0 Å². The molecule has 3 heteroatoms. The Hall–Kier alpha value is -1.32. The summed E-state index contributed by atoms with van der Waals surface area (Å²) in [6.45, 7) is 2.04. The third-order valence-corrected chi connectivity index (χ3v) is 3.29. The van der Waals surface area contributed by atoms with Gasteiger partial charge in [0.1, 0.15) is 11.9 Å². The lowest BCUT2D eigenvalue weighted by atomic mass is 10.0. The van der Waals surface area contributed by atoms with Crippen molar-refractivity contribution in [2.75, 3.05) is 6.61 Å². The zero-order chi connectivity index (χ0) is 11.7. The zero-order valence-corrected chi connectivity index (χ0v) is 9.69. The van der Waals surface area contributed by atoms with E-state index in [0.29, 0.717) is 25.6 Å². The molecular formula is C14H16O3. The highest BCUT2D eigenvalue weighted by Gasteiger charge is 2.19. The number of rotatable bonds is 2. The molecule has 1 atom stereocenters. The number of allylic oxidation sites excluding steroid dienone is 1. The maximum Gasteiger partial charge on any atom is 0.136 e. The third kappa shape index (κ3) is 2.08. The van der Waals surface area contributed by atoms with E-state index in [4.69, 9.17) is 9.47 Å². The van der Waals surface area contributed by atoms with E-state index >= 15 is 0 Å². The number of fused-ring (bicyclic) bond motifs is 1. The number of ether oxygens (including phenoxy) is 2. The molecule has 2 aliphatic heterocycles. The molecular weight excluding hydrogens is 216 g/mol. The first-order valence-corrected chi connectivity index (χ1v) is 6.05. The summed E-state index contributed by atoms with van der Waals surface area (Å²) in [6.07, 6.45) is 3.37. The molecule has 0 aliphatic carbocycles. The summed E-state index contributed by atoms with van der Waals surface area (Å²) in [7, 11) is 0.